The van der Waals surface area contributed by atoms with Gasteiger partial charge in [-0.25, -0.2) is 18.1 Å². The summed E-state index contributed by atoms with van der Waals surface area (Å²) in [5.74, 6) is 0. The third-order valence-corrected chi connectivity index (χ3v) is 6.05. The summed E-state index contributed by atoms with van der Waals surface area (Å²) in [7, 11) is -3.32. The first-order valence-corrected chi connectivity index (χ1v) is 8.80. The Kier molecular flexibility index (Phi) is 5.91. The Morgan fingerprint density at radius 3 is 2.42 bits per heavy atom. The molecule has 1 heterocycles. The summed E-state index contributed by atoms with van der Waals surface area (Å²) in [4.78, 5) is 5.31. The van der Waals surface area contributed by atoms with E-state index in [1.807, 2.05) is 27.7 Å². The predicted octanol–water partition coefficient (Wildman–Crippen LogP) is 1.74. The van der Waals surface area contributed by atoms with Gasteiger partial charge in [0.2, 0.25) is 10.0 Å². The van der Waals surface area contributed by atoms with Crippen molar-refractivity contribution in [1.29, 1.82) is 0 Å². The summed E-state index contributed by atoms with van der Waals surface area (Å²) >= 11 is 1.54. The van der Waals surface area contributed by atoms with Gasteiger partial charge in [0.1, 0.15) is 0 Å². The van der Waals surface area contributed by atoms with E-state index in [2.05, 4.69) is 15.0 Å². The summed E-state index contributed by atoms with van der Waals surface area (Å²) in [5, 5.41) is 3.56. The van der Waals surface area contributed by atoms with E-state index >= 15 is 0 Å². The maximum atomic E-state index is 12.2. The third-order valence-electron chi connectivity index (χ3n) is 2.89. The Labute approximate surface area is 119 Å². The number of nitrogens with one attached hydrogen (secondary N) is 2. The molecular formula is C12H23N3O2S2. The Morgan fingerprint density at radius 2 is 1.95 bits per heavy atom. The fourth-order valence-electron chi connectivity index (χ4n) is 1.82. The van der Waals surface area contributed by atoms with Crippen LogP contribution in [0.15, 0.2) is 0 Å². The Hall–Kier alpha value is -0.500. The lowest BCUT2D eigenvalue weighted by molar-refractivity contribution is 0.548. The molecule has 2 atom stereocenters. The van der Waals surface area contributed by atoms with Crippen molar-refractivity contribution in [2.24, 2.45) is 0 Å². The van der Waals surface area contributed by atoms with Crippen LogP contribution in [0.4, 0.5) is 0 Å². The number of thiazole rings is 1. The highest BCUT2D eigenvalue weighted by Gasteiger charge is 2.24. The largest absolute Gasteiger partial charge is 0.316 e. The average Bonchev–Trinajstić information content (AvgIpc) is 2.64. The molecule has 5 nitrogen and oxygen atoms in total. The van der Waals surface area contributed by atoms with Crippen molar-refractivity contribution in [3.63, 3.8) is 0 Å². The monoisotopic (exact) mass is 305 g/mol. The summed E-state index contributed by atoms with van der Waals surface area (Å²) < 4.78 is 27.1. The summed E-state index contributed by atoms with van der Waals surface area (Å²) in [5.41, 5.74) is 0.900. The van der Waals surface area contributed by atoms with Crippen LogP contribution in [0.3, 0.4) is 0 Å². The quantitative estimate of drug-likeness (QED) is 0.805. The smallest absolute Gasteiger partial charge is 0.216 e. The van der Waals surface area contributed by atoms with E-state index < -0.39 is 15.3 Å². The number of hydrogen-bond donors (Lipinski definition) is 2. The Morgan fingerprint density at radius 1 is 1.32 bits per heavy atom. The number of aromatic nitrogens is 1. The molecule has 0 saturated carbocycles. The van der Waals surface area contributed by atoms with Gasteiger partial charge in [-0.1, -0.05) is 6.92 Å². The van der Waals surface area contributed by atoms with Gasteiger partial charge in [0.25, 0.3) is 0 Å². The summed E-state index contributed by atoms with van der Waals surface area (Å²) in [6.45, 7) is 10.6. The van der Waals surface area contributed by atoms with Gasteiger partial charge in [-0.15, -0.1) is 11.3 Å². The minimum Gasteiger partial charge on any atom is -0.316 e. The van der Waals surface area contributed by atoms with Gasteiger partial charge in [-0.05, 0) is 34.2 Å². The molecule has 0 amide bonds. The van der Waals surface area contributed by atoms with E-state index in [0.717, 1.165) is 22.1 Å². The van der Waals surface area contributed by atoms with Crippen LogP contribution < -0.4 is 10.0 Å². The Bertz CT molecular complexity index is 511. The second-order valence-corrected chi connectivity index (χ2v) is 8.05. The van der Waals surface area contributed by atoms with Crippen LogP contribution in [0.25, 0.3) is 0 Å². The van der Waals surface area contributed by atoms with Gasteiger partial charge in [-0.3, -0.25) is 0 Å². The van der Waals surface area contributed by atoms with Crippen molar-refractivity contribution >= 4 is 21.4 Å². The standard InChI is InChI=1S/C12H23N3O2S2/c1-6-13-7-8(2)19(16,17)15-10(4)12-9(3)14-11(5)18-12/h8,10,13,15H,6-7H2,1-5H3. The first-order valence-electron chi connectivity index (χ1n) is 6.43. The van der Waals surface area contributed by atoms with Crippen molar-refractivity contribution in [3.8, 4) is 0 Å². The molecule has 0 fully saturated rings. The van der Waals surface area contributed by atoms with Gasteiger partial charge in [0.05, 0.1) is 22.0 Å². The predicted molar refractivity (Wildman–Crippen MR) is 80.1 cm³/mol. The lowest BCUT2D eigenvalue weighted by atomic mass is 10.2. The zero-order valence-corrected chi connectivity index (χ0v) is 13.8. The highest BCUT2D eigenvalue weighted by molar-refractivity contribution is 7.90. The van der Waals surface area contributed by atoms with Gasteiger partial charge in [0, 0.05) is 11.4 Å². The topological polar surface area (TPSA) is 71.1 Å². The van der Waals surface area contributed by atoms with E-state index in [-0.39, 0.29) is 6.04 Å². The summed E-state index contributed by atoms with van der Waals surface area (Å²) in [6, 6.07) is -0.236. The lowest BCUT2D eigenvalue weighted by Gasteiger charge is -2.18. The molecule has 0 bridgehead atoms. The molecule has 1 aromatic heterocycles. The van der Waals surface area contributed by atoms with Crippen LogP contribution in [0.2, 0.25) is 0 Å². The van der Waals surface area contributed by atoms with Crippen LogP contribution >= 0.6 is 11.3 Å². The highest BCUT2D eigenvalue weighted by atomic mass is 32.2. The maximum absolute atomic E-state index is 12.2. The minimum atomic E-state index is -3.32. The van der Waals surface area contributed by atoms with Crippen molar-refractivity contribution < 1.29 is 8.42 Å². The molecule has 19 heavy (non-hydrogen) atoms. The molecule has 2 N–H and O–H groups in total. The molecule has 2 unspecified atom stereocenters. The second-order valence-electron chi connectivity index (χ2n) is 4.69. The van der Waals surface area contributed by atoms with E-state index in [4.69, 9.17) is 0 Å². The first-order chi connectivity index (χ1) is 8.77. The molecule has 1 rings (SSSR count). The number of hydrogen-bond acceptors (Lipinski definition) is 5. The molecule has 0 radical (unpaired) electrons. The van der Waals surface area contributed by atoms with Crippen molar-refractivity contribution in [2.45, 2.75) is 45.9 Å². The van der Waals surface area contributed by atoms with Gasteiger partial charge >= 0.3 is 0 Å². The molecule has 7 heteroatoms. The molecule has 0 saturated heterocycles. The second kappa shape index (κ2) is 6.78. The van der Waals surface area contributed by atoms with Gasteiger partial charge in [-0.2, -0.15) is 0 Å². The van der Waals surface area contributed by atoms with Crippen molar-refractivity contribution in [3.05, 3.63) is 15.6 Å². The van der Waals surface area contributed by atoms with E-state index in [1.54, 1.807) is 6.92 Å². The molecule has 110 valence electrons. The Balaban J connectivity index is 2.75. The van der Waals surface area contributed by atoms with Crippen LogP contribution in [-0.2, 0) is 10.0 Å². The number of nitrogens with zero attached hydrogens (tertiary/aromatic N) is 1. The number of rotatable bonds is 7. The van der Waals surface area contributed by atoms with E-state index in [1.165, 1.54) is 11.3 Å². The number of sulfonamides is 1. The fraction of sp³-hybridized carbons (Fsp3) is 0.750. The van der Waals surface area contributed by atoms with Crippen molar-refractivity contribution in [2.75, 3.05) is 13.1 Å². The van der Waals surface area contributed by atoms with E-state index in [0.29, 0.717) is 6.54 Å². The third kappa shape index (κ3) is 4.52. The SMILES string of the molecule is CCNCC(C)S(=O)(=O)NC(C)c1sc(C)nc1C. The zero-order valence-electron chi connectivity index (χ0n) is 12.1. The van der Waals surface area contributed by atoms with Gasteiger partial charge in [0.15, 0.2) is 0 Å². The number of aryl methyl sites for hydroxylation is 2. The molecule has 1 aromatic rings. The average molecular weight is 305 g/mol. The molecule has 0 aliphatic heterocycles. The fourth-order valence-corrected chi connectivity index (χ4v) is 4.01. The lowest BCUT2D eigenvalue weighted by Crippen LogP contribution is -2.39. The van der Waals surface area contributed by atoms with Gasteiger partial charge < -0.3 is 5.32 Å². The van der Waals surface area contributed by atoms with Crippen LogP contribution in [0, 0.1) is 13.8 Å². The van der Waals surface area contributed by atoms with Crippen LogP contribution in [-0.4, -0.2) is 31.7 Å². The molecule has 0 spiro atoms. The molecule has 0 aromatic carbocycles. The van der Waals surface area contributed by atoms with Crippen LogP contribution in [0.5, 0.6) is 0 Å². The molecule has 0 aliphatic rings. The van der Waals surface area contributed by atoms with Crippen molar-refractivity contribution in [1.82, 2.24) is 15.0 Å². The van der Waals surface area contributed by atoms with Crippen LogP contribution in [0.1, 0.15) is 42.4 Å². The molecular weight excluding hydrogens is 282 g/mol. The first kappa shape index (κ1) is 16.6. The zero-order chi connectivity index (χ0) is 14.6. The summed E-state index contributed by atoms with van der Waals surface area (Å²) in [6.07, 6.45) is 0. The maximum Gasteiger partial charge on any atom is 0.216 e. The minimum absolute atomic E-state index is 0.236. The molecule has 0 aliphatic carbocycles. The van der Waals surface area contributed by atoms with E-state index in [9.17, 15) is 8.42 Å². The normalized spacial score (nSPS) is 15.4. The highest BCUT2D eigenvalue weighted by Crippen LogP contribution is 2.25.